The molecule has 0 radical (unpaired) electrons. The number of amides is 1. The lowest BCUT2D eigenvalue weighted by Gasteiger charge is -2.40. The number of fused-ring (bicyclic) bond motifs is 1. The first-order valence-corrected chi connectivity index (χ1v) is 15.8. The Balaban J connectivity index is 1.72. The summed E-state index contributed by atoms with van der Waals surface area (Å²) < 4.78 is 31.3. The van der Waals surface area contributed by atoms with Crippen molar-refractivity contribution >= 4 is 39.5 Å². The first kappa shape index (κ1) is 27.4. The number of aromatic nitrogens is 4. The van der Waals surface area contributed by atoms with Gasteiger partial charge in [0.15, 0.2) is 37.6 Å². The largest absolute Gasteiger partial charge is 0.695 e. The lowest BCUT2D eigenvalue weighted by molar-refractivity contribution is -0.0487. The van der Waals surface area contributed by atoms with Crippen molar-refractivity contribution in [3.05, 3.63) is 48.5 Å². The van der Waals surface area contributed by atoms with Gasteiger partial charge < -0.3 is 19.6 Å². The summed E-state index contributed by atoms with van der Waals surface area (Å²) in [6.07, 6.45) is -0.915. The van der Waals surface area contributed by atoms with E-state index in [4.69, 9.17) is 13.7 Å². The molecule has 1 aliphatic heterocycles. The zero-order chi connectivity index (χ0) is 27.0. The van der Waals surface area contributed by atoms with Crippen LogP contribution in [0.1, 0.15) is 37.4 Å². The van der Waals surface area contributed by atoms with Crippen LogP contribution in [0.3, 0.4) is 0 Å². The first-order chi connectivity index (χ1) is 17.4. The van der Waals surface area contributed by atoms with E-state index >= 15 is 0 Å². The van der Waals surface area contributed by atoms with Gasteiger partial charge in [0.25, 0.3) is 5.91 Å². The van der Waals surface area contributed by atoms with Crippen molar-refractivity contribution in [2.24, 2.45) is 0 Å². The molecule has 0 saturated carbocycles. The fourth-order valence-electron chi connectivity index (χ4n) is 3.85. The predicted molar refractivity (Wildman–Crippen MR) is 137 cm³/mol. The molecule has 2 aromatic heterocycles. The maximum absolute atomic E-state index is 12.7. The van der Waals surface area contributed by atoms with Crippen molar-refractivity contribution in [2.75, 3.05) is 11.9 Å². The highest BCUT2D eigenvalue weighted by atomic mass is 31.1. The second kappa shape index (κ2) is 10.6. The van der Waals surface area contributed by atoms with E-state index in [9.17, 15) is 19.4 Å². The lowest BCUT2D eigenvalue weighted by atomic mass is 10.1. The minimum absolute atomic E-state index is 0.186. The zero-order valence-electron chi connectivity index (χ0n) is 21.2. The number of nitrogens with one attached hydrogen (secondary N) is 1. The highest BCUT2D eigenvalue weighted by Gasteiger charge is 2.54. The molecule has 3 N–H and O–H groups in total. The summed E-state index contributed by atoms with van der Waals surface area (Å²) in [5.74, 6) is -0.144. The number of carbonyl (C=O) groups is 1. The van der Waals surface area contributed by atoms with Crippen molar-refractivity contribution < 1.29 is 33.0 Å². The molecule has 3 aromatic rings. The van der Waals surface area contributed by atoms with Crippen LogP contribution in [-0.4, -0.2) is 68.7 Å². The molecule has 0 spiro atoms. The predicted octanol–water partition coefficient (Wildman–Crippen LogP) is 3.39. The second-order valence-electron chi connectivity index (χ2n) is 10.3. The molecular formula is C23H31N5O7PSi+. The van der Waals surface area contributed by atoms with Gasteiger partial charge in [-0.1, -0.05) is 39.0 Å². The van der Waals surface area contributed by atoms with Crippen LogP contribution in [0, 0.1) is 0 Å². The Morgan fingerprint density at radius 1 is 1.19 bits per heavy atom. The molecule has 1 fully saturated rings. The van der Waals surface area contributed by atoms with E-state index in [1.165, 1.54) is 12.7 Å². The van der Waals surface area contributed by atoms with E-state index in [-0.39, 0.29) is 16.8 Å². The molecule has 0 bridgehead atoms. The van der Waals surface area contributed by atoms with Crippen molar-refractivity contribution in [2.45, 2.75) is 63.4 Å². The van der Waals surface area contributed by atoms with Gasteiger partial charge in [0.1, 0.15) is 18.5 Å². The molecule has 0 aliphatic carbocycles. The number of benzene rings is 1. The summed E-state index contributed by atoms with van der Waals surface area (Å²) in [7, 11) is -5.43. The molecule has 14 heteroatoms. The Labute approximate surface area is 216 Å². The summed E-state index contributed by atoms with van der Waals surface area (Å²) in [5.41, 5.74) is 1.12. The number of hydrogen-bond acceptors (Lipinski definition) is 9. The summed E-state index contributed by atoms with van der Waals surface area (Å²) in [5, 5.41) is 12.6. The molecule has 12 nitrogen and oxygen atoms in total. The third-order valence-corrected chi connectivity index (χ3v) is 11.7. The van der Waals surface area contributed by atoms with Crippen LogP contribution >= 0.6 is 8.25 Å². The standard InChI is InChI=1S/C23H30N5O7PSi/c1-23(2,3)37(4,5)35-18-17(34-36(31)32)15(11-29)33-22(18)28-13-26-16-19(24-12-25-20(16)28)27-21(30)14-9-7-6-8-10-14/h6-10,12-13,15,17-18,22,29H,11H2,1-5H3,(H-,24,25,27,30,31,32)/p+1. The van der Waals surface area contributed by atoms with E-state index in [1.807, 2.05) is 19.2 Å². The fraction of sp³-hybridized carbons (Fsp3) is 0.478. The average Bonchev–Trinajstić information content (AvgIpc) is 3.40. The third-order valence-electron chi connectivity index (χ3n) is 6.82. The molecule has 198 valence electrons. The van der Waals surface area contributed by atoms with E-state index < -0.39 is 47.7 Å². The molecule has 5 unspecified atom stereocenters. The van der Waals surface area contributed by atoms with Gasteiger partial charge in [-0.15, -0.1) is 9.42 Å². The number of nitrogens with zero attached hydrogens (tertiary/aromatic N) is 4. The molecule has 37 heavy (non-hydrogen) atoms. The van der Waals surface area contributed by atoms with Gasteiger partial charge in [0.2, 0.25) is 0 Å². The maximum Gasteiger partial charge on any atom is 0.695 e. The normalized spacial score (nSPS) is 22.8. The number of aliphatic hydroxyl groups excluding tert-OH is 1. The van der Waals surface area contributed by atoms with Gasteiger partial charge in [0.05, 0.1) is 12.9 Å². The van der Waals surface area contributed by atoms with Crippen LogP contribution in [0.5, 0.6) is 0 Å². The Kier molecular flexibility index (Phi) is 7.86. The molecule has 1 aliphatic rings. The first-order valence-electron chi connectivity index (χ1n) is 11.7. The van der Waals surface area contributed by atoms with Crippen molar-refractivity contribution in [1.82, 2.24) is 19.5 Å². The van der Waals surface area contributed by atoms with E-state index in [2.05, 4.69) is 41.0 Å². The smallest absolute Gasteiger partial charge is 0.406 e. The van der Waals surface area contributed by atoms with Crippen molar-refractivity contribution in [1.29, 1.82) is 0 Å². The summed E-state index contributed by atoms with van der Waals surface area (Å²) in [6, 6.07) is 8.70. The highest BCUT2D eigenvalue weighted by Crippen LogP contribution is 2.44. The van der Waals surface area contributed by atoms with E-state index in [0.717, 1.165) is 0 Å². The lowest BCUT2D eigenvalue weighted by Crippen LogP contribution is -2.49. The quantitative estimate of drug-likeness (QED) is 0.281. The Morgan fingerprint density at radius 3 is 2.51 bits per heavy atom. The number of ether oxygens (including phenoxy) is 1. The molecule has 1 saturated heterocycles. The second-order valence-corrected chi connectivity index (χ2v) is 15.7. The van der Waals surface area contributed by atoms with Gasteiger partial charge >= 0.3 is 8.25 Å². The topological polar surface area (TPSA) is 158 Å². The van der Waals surface area contributed by atoms with Crippen molar-refractivity contribution in [3.63, 3.8) is 0 Å². The minimum Gasteiger partial charge on any atom is -0.406 e. The van der Waals surface area contributed by atoms with Crippen LogP contribution in [0.25, 0.3) is 11.2 Å². The van der Waals surface area contributed by atoms with Crippen LogP contribution < -0.4 is 5.32 Å². The number of anilines is 1. The van der Waals surface area contributed by atoms with Gasteiger partial charge in [-0.25, -0.2) is 15.0 Å². The van der Waals surface area contributed by atoms with Crippen LogP contribution in [0.15, 0.2) is 43.0 Å². The SMILES string of the molecule is CC(C)(C)[Si](C)(C)OC1C(O[P+](=O)O)C(CO)OC1n1cnc2c(NC(=O)c3ccccc3)ncnc21. The van der Waals surface area contributed by atoms with Gasteiger partial charge in [-0.3, -0.25) is 9.36 Å². The molecular weight excluding hydrogens is 517 g/mol. The van der Waals surface area contributed by atoms with Gasteiger partial charge in [-0.05, 0) is 30.3 Å². The Bertz CT molecular complexity index is 1280. The third kappa shape index (κ3) is 5.63. The molecule has 1 aromatic carbocycles. The van der Waals surface area contributed by atoms with Crippen LogP contribution in [-0.2, 0) is 18.3 Å². The molecule has 5 atom stereocenters. The average molecular weight is 549 g/mol. The van der Waals surface area contributed by atoms with Gasteiger partial charge in [0, 0.05) is 10.1 Å². The monoisotopic (exact) mass is 548 g/mol. The molecule has 1 amide bonds. The van der Waals surface area contributed by atoms with E-state index in [0.29, 0.717) is 16.7 Å². The van der Waals surface area contributed by atoms with Crippen LogP contribution in [0.2, 0.25) is 18.1 Å². The summed E-state index contributed by atoms with van der Waals surface area (Å²) in [4.78, 5) is 35.2. The number of hydrogen-bond donors (Lipinski definition) is 3. The van der Waals surface area contributed by atoms with E-state index in [1.54, 1.807) is 28.8 Å². The number of aliphatic hydroxyl groups is 1. The summed E-state index contributed by atoms with van der Waals surface area (Å²) in [6.45, 7) is 9.82. The number of carbonyl (C=O) groups excluding carboxylic acids is 1. The molecule has 4 rings (SSSR count). The van der Waals surface area contributed by atoms with Gasteiger partial charge in [-0.2, -0.15) is 0 Å². The minimum atomic E-state index is -2.99. The maximum atomic E-state index is 12.7. The number of imidazole rings is 1. The zero-order valence-corrected chi connectivity index (χ0v) is 23.1. The molecule has 3 heterocycles. The fourth-order valence-corrected chi connectivity index (χ4v) is 5.60. The van der Waals surface area contributed by atoms with Crippen molar-refractivity contribution in [3.8, 4) is 0 Å². The highest BCUT2D eigenvalue weighted by molar-refractivity contribution is 7.32. The van der Waals surface area contributed by atoms with Crippen LogP contribution in [0.4, 0.5) is 5.82 Å². The summed E-state index contributed by atoms with van der Waals surface area (Å²) >= 11 is 0. The Hall–Kier alpha value is -2.64. The Morgan fingerprint density at radius 2 is 1.89 bits per heavy atom. The number of rotatable bonds is 8.